The number of rotatable bonds is 5. The van der Waals surface area contributed by atoms with Crippen molar-refractivity contribution in [3.63, 3.8) is 0 Å². The second-order valence-corrected chi connectivity index (χ2v) is 6.10. The number of carbonyl (C=O) groups excluding carboxylic acids is 2. The molecule has 0 saturated heterocycles. The minimum atomic E-state index is -0.760. The SMILES string of the molecule is C=CC[C@]1(C)C(C)=CN(C(=O)OCc2ccccc2)[C@@H]1C(=O)OC. The summed E-state index contributed by atoms with van der Waals surface area (Å²) in [5.41, 5.74) is 1.24. The first-order valence-electron chi connectivity index (χ1n) is 7.80. The van der Waals surface area contributed by atoms with Gasteiger partial charge in [0.05, 0.1) is 7.11 Å². The van der Waals surface area contributed by atoms with Crippen LogP contribution in [0.4, 0.5) is 4.79 Å². The Bertz CT molecular complexity index is 653. The van der Waals surface area contributed by atoms with E-state index in [2.05, 4.69) is 6.58 Å². The molecule has 0 spiro atoms. The Morgan fingerprint density at radius 1 is 1.33 bits per heavy atom. The number of hydrogen-bond acceptors (Lipinski definition) is 4. The zero-order valence-corrected chi connectivity index (χ0v) is 14.3. The van der Waals surface area contributed by atoms with Gasteiger partial charge in [-0.15, -0.1) is 6.58 Å². The molecule has 5 heteroatoms. The summed E-state index contributed by atoms with van der Waals surface area (Å²) in [6.07, 6.45) is 3.39. The summed E-state index contributed by atoms with van der Waals surface area (Å²) in [7, 11) is 1.32. The van der Waals surface area contributed by atoms with E-state index in [-0.39, 0.29) is 6.61 Å². The van der Waals surface area contributed by atoms with Gasteiger partial charge in [0.25, 0.3) is 0 Å². The maximum atomic E-state index is 12.5. The lowest BCUT2D eigenvalue weighted by molar-refractivity contribution is -0.148. The Labute approximate surface area is 142 Å². The largest absolute Gasteiger partial charge is 0.467 e. The summed E-state index contributed by atoms with van der Waals surface area (Å²) < 4.78 is 10.3. The van der Waals surface area contributed by atoms with Crippen LogP contribution in [0.15, 0.2) is 54.8 Å². The average Bonchev–Trinajstić information content (AvgIpc) is 2.85. The predicted molar refractivity (Wildman–Crippen MR) is 90.9 cm³/mol. The third-order valence-corrected chi connectivity index (χ3v) is 4.52. The minimum absolute atomic E-state index is 0.148. The molecule has 1 aromatic rings. The maximum absolute atomic E-state index is 12.5. The van der Waals surface area contributed by atoms with Crippen molar-refractivity contribution in [2.45, 2.75) is 32.9 Å². The molecule has 0 fully saturated rings. The summed E-state index contributed by atoms with van der Waals surface area (Å²) in [4.78, 5) is 26.1. The third-order valence-electron chi connectivity index (χ3n) is 4.52. The fourth-order valence-electron chi connectivity index (χ4n) is 2.96. The van der Waals surface area contributed by atoms with Crippen LogP contribution in [0.5, 0.6) is 0 Å². The molecule has 0 aromatic heterocycles. The van der Waals surface area contributed by atoms with E-state index in [1.165, 1.54) is 12.0 Å². The molecule has 0 saturated carbocycles. The maximum Gasteiger partial charge on any atom is 0.414 e. The zero-order valence-electron chi connectivity index (χ0n) is 14.3. The number of carbonyl (C=O) groups is 2. The normalized spacial score (nSPS) is 22.7. The molecule has 2 atom stereocenters. The van der Waals surface area contributed by atoms with E-state index in [4.69, 9.17) is 9.47 Å². The molecule has 24 heavy (non-hydrogen) atoms. The highest BCUT2D eigenvalue weighted by atomic mass is 16.6. The van der Waals surface area contributed by atoms with Crippen LogP contribution in [-0.4, -0.2) is 30.1 Å². The molecule has 0 N–H and O–H groups in total. The first kappa shape index (κ1) is 17.8. The van der Waals surface area contributed by atoms with Crippen molar-refractivity contribution in [1.29, 1.82) is 0 Å². The van der Waals surface area contributed by atoms with Crippen LogP contribution in [-0.2, 0) is 20.9 Å². The van der Waals surface area contributed by atoms with Gasteiger partial charge in [-0.25, -0.2) is 9.59 Å². The van der Waals surface area contributed by atoms with E-state index < -0.39 is 23.5 Å². The van der Waals surface area contributed by atoms with Gasteiger partial charge >= 0.3 is 12.1 Å². The van der Waals surface area contributed by atoms with Gasteiger partial charge < -0.3 is 9.47 Å². The van der Waals surface area contributed by atoms with E-state index >= 15 is 0 Å². The van der Waals surface area contributed by atoms with Crippen LogP contribution in [0.2, 0.25) is 0 Å². The van der Waals surface area contributed by atoms with Crippen molar-refractivity contribution < 1.29 is 19.1 Å². The van der Waals surface area contributed by atoms with Gasteiger partial charge in [0, 0.05) is 11.6 Å². The molecular formula is C19H23NO4. The summed E-state index contributed by atoms with van der Waals surface area (Å²) in [6, 6.07) is 8.63. The Hall–Kier alpha value is -2.56. The summed E-state index contributed by atoms with van der Waals surface area (Å²) >= 11 is 0. The molecule has 0 unspecified atom stereocenters. The monoisotopic (exact) mass is 329 g/mol. The summed E-state index contributed by atoms with van der Waals surface area (Å²) in [5.74, 6) is -0.468. The molecule has 1 amide bonds. The van der Waals surface area contributed by atoms with Gasteiger partial charge in [0.2, 0.25) is 0 Å². The topological polar surface area (TPSA) is 55.8 Å². The first-order chi connectivity index (χ1) is 11.4. The molecule has 1 heterocycles. The Morgan fingerprint density at radius 2 is 2.00 bits per heavy atom. The Morgan fingerprint density at radius 3 is 2.58 bits per heavy atom. The lowest BCUT2D eigenvalue weighted by atomic mass is 9.76. The number of allylic oxidation sites excluding steroid dienone is 1. The van der Waals surface area contributed by atoms with E-state index in [0.29, 0.717) is 6.42 Å². The smallest absolute Gasteiger partial charge is 0.414 e. The highest BCUT2D eigenvalue weighted by molar-refractivity contribution is 5.85. The van der Waals surface area contributed by atoms with E-state index in [1.807, 2.05) is 44.2 Å². The third kappa shape index (κ3) is 3.35. The molecule has 5 nitrogen and oxygen atoms in total. The fraction of sp³-hybridized carbons (Fsp3) is 0.368. The number of esters is 1. The van der Waals surface area contributed by atoms with Crippen LogP contribution in [0.3, 0.4) is 0 Å². The van der Waals surface area contributed by atoms with E-state index in [1.54, 1.807) is 12.3 Å². The van der Waals surface area contributed by atoms with Gasteiger partial charge in [-0.05, 0) is 24.5 Å². The second-order valence-electron chi connectivity index (χ2n) is 6.10. The van der Waals surface area contributed by atoms with Gasteiger partial charge in [-0.2, -0.15) is 0 Å². The highest BCUT2D eigenvalue weighted by Gasteiger charge is 2.50. The number of nitrogens with zero attached hydrogens (tertiary/aromatic N) is 1. The first-order valence-corrected chi connectivity index (χ1v) is 7.80. The standard InChI is InChI=1S/C19H23NO4/c1-5-11-19(3)14(2)12-20(16(19)17(21)23-4)18(22)24-13-15-9-7-6-8-10-15/h5-10,12,16H,1,11,13H2,2-4H3/t16-,19-/m1/s1. The van der Waals surface area contributed by atoms with Crippen molar-refractivity contribution in [2.24, 2.45) is 5.41 Å². The molecule has 1 aliphatic heterocycles. The molecule has 0 radical (unpaired) electrons. The molecule has 1 aliphatic rings. The minimum Gasteiger partial charge on any atom is -0.467 e. The number of methoxy groups -OCH3 is 1. The van der Waals surface area contributed by atoms with Crippen LogP contribution >= 0.6 is 0 Å². The van der Waals surface area contributed by atoms with Crippen molar-refractivity contribution in [3.8, 4) is 0 Å². The van der Waals surface area contributed by atoms with E-state index in [9.17, 15) is 9.59 Å². The Balaban J connectivity index is 2.19. The molecule has 1 aromatic carbocycles. The molecular weight excluding hydrogens is 306 g/mol. The molecule has 0 aliphatic carbocycles. The van der Waals surface area contributed by atoms with Crippen LogP contribution < -0.4 is 0 Å². The number of benzene rings is 1. The fourth-order valence-corrected chi connectivity index (χ4v) is 2.96. The molecule has 2 rings (SSSR count). The number of ether oxygens (including phenoxy) is 2. The van der Waals surface area contributed by atoms with Gasteiger partial charge in [0.15, 0.2) is 0 Å². The van der Waals surface area contributed by atoms with Crippen LogP contribution in [0, 0.1) is 5.41 Å². The van der Waals surface area contributed by atoms with Gasteiger partial charge in [-0.1, -0.05) is 43.3 Å². The Kier molecular flexibility index (Phi) is 5.44. The lowest BCUT2D eigenvalue weighted by Gasteiger charge is -2.33. The molecule has 128 valence electrons. The quantitative estimate of drug-likeness (QED) is 0.611. The van der Waals surface area contributed by atoms with Crippen molar-refractivity contribution in [1.82, 2.24) is 4.90 Å². The highest BCUT2D eigenvalue weighted by Crippen LogP contribution is 2.44. The second kappa shape index (κ2) is 7.34. The van der Waals surface area contributed by atoms with Gasteiger partial charge in [-0.3, -0.25) is 4.90 Å². The van der Waals surface area contributed by atoms with Crippen LogP contribution in [0.1, 0.15) is 25.8 Å². The number of hydrogen-bond donors (Lipinski definition) is 0. The van der Waals surface area contributed by atoms with Crippen molar-refractivity contribution in [2.75, 3.05) is 7.11 Å². The zero-order chi connectivity index (χ0) is 17.7. The van der Waals surface area contributed by atoms with Crippen molar-refractivity contribution >= 4 is 12.1 Å². The van der Waals surface area contributed by atoms with Crippen molar-refractivity contribution in [3.05, 3.63) is 60.3 Å². The predicted octanol–water partition coefficient (Wildman–Crippen LogP) is 3.67. The number of amides is 1. The lowest BCUT2D eigenvalue weighted by Crippen LogP contribution is -2.48. The molecule has 0 bridgehead atoms. The summed E-state index contributed by atoms with van der Waals surface area (Å²) in [5, 5.41) is 0. The average molecular weight is 329 g/mol. The van der Waals surface area contributed by atoms with Crippen LogP contribution in [0.25, 0.3) is 0 Å². The van der Waals surface area contributed by atoms with Gasteiger partial charge in [0.1, 0.15) is 12.6 Å². The van der Waals surface area contributed by atoms with E-state index in [0.717, 1.165) is 11.1 Å². The summed E-state index contributed by atoms with van der Waals surface area (Å²) in [6.45, 7) is 7.72.